The van der Waals surface area contributed by atoms with E-state index < -0.39 is 0 Å². The maximum Gasteiger partial charge on any atom is 0.191 e. The number of phenols is 1. The van der Waals surface area contributed by atoms with E-state index in [2.05, 4.69) is 15.8 Å². The fourth-order valence-electron chi connectivity index (χ4n) is 1.56. The van der Waals surface area contributed by atoms with Gasteiger partial charge in [-0.1, -0.05) is 0 Å². The Labute approximate surface area is 128 Å². The Balaban J connectivity index is 1.85. The van der Waals surface area contributed by atoms with Crippen molar-refractivity contribution in [2.24, 2.45) is 5.10 Å². The van der Waals surface area contributed by atoms with Crippen LogP contribution in [0.1, 0.15) is 5.56 Å². The topological polar surface area (TPSA) is 65.9 Å². The van der Waals surface area contributed by atoms with Gasteiger partial charge in [-0.25, -0.2) is 0 Å². The lowest BCUT2D eigenvalue weighted by molar-refractivity contribution is 0.415. The van der Waals surface area contributed by atoms with Gasteiger partial charge in [-0.05, 0) is 66.3 Å². The van der Waals surface area contributed by atoms with Gasteiger partial charge in [-0.2, -0.15) is 5.10 Å². The van der Waals surface area contributed by atoms with E-state index in [9.17, 15) is 5.11 Å². The summed E-state index contributed by atoms with van der Waals surface area (Å²) in [5, 5.41) is 16.6. The molecule has 108 valence electrons. The highest BCUT2D eigenvalue weighted by molar-refractivity contribution is 7.80. The van der Waals surface area contributed by atoms with Crippen LogP contribution in [0.2, 0.25) is 0 Å². The minimum atomic E-state index is 0.219. The van der Waals surface area contributed by atoms with Crippen LogP contribution in [0.4, 0.5) is 5.69 Å². The molecular formula is C15H15N3O2S. The fraction of sp³-hybridized carbons (Fsp3) is 0.0667. The minimum absolute atomic E-state index is 0.219. The van der Waals surface area contributed by atoms with Gasteiger partial charge in [-0.15, -0.1) is 0 Å². The molecule has 0 spiro atoms. The normalized spacial score (nSPS) is 10.3. The number of nitrogens with zero attached hydrogens (tertiary/aromatic N) is 1. The van der Waals surface area contributed by atoms with Crippen molar-refractivity contribution in [3.05, 3.63) is 54.1 Å². The highest BCUT2D eigenvalue weighted by Gasteiger charge is 1.97. The van der Waals surface area contributed by atoms with Crippen molar-refractivity contribution in [2.75, 3.05) is 12.4 Å². The number of ether oxygens (including phenoxy) is 1. The van der Waals surface area contributed by atoms with E-state index in [0.717, 1.165) is 17.0 Å². The molecule has 0 fully saturated rings. The Kier molecular flexibility index (Phi) is 5.11. The van der Waals surface area contributed by atoms with E-state index in [-0.39, 0.29) is 5.75 Å². The molecule has 0 radical (unpaired) electrons. The summed E-state index contributed by atoms with van der Waals surface area (Å²) in [5.41, 5.74) is 4.41. The van der Waals surface area contributed by atoms with Gasteiger partial charge in [0.1, 0.15) is 11.5 Å². The van der Waals surface area contributed by atoms with Crippen LogP contribution in [0, 0.1) is 0 Å². The van der Waals surface area contributed by atoms with Gasteiger partial charge in [0.2, 0.25) is 0 Å². The maximum absolute atomic E-state index is 9.17. The molecule has 0 saturated heterocycles. The summed E-state index contributed by atoms with van der Waals surface area (Å²) in [6.45, 7) is 0. The lowest BCUT2D eigenvalue weighted by Gasteiger charge is -2.07. The Morgan fingerprint density at radius 2 is 1.81 bits per heavy atom. The molecule has 5 nitrogen and oxygen atoms in total. The molecule has 0 bridgehead atoms. The zero-order valence-electron chi connectivity index (χ0n) is 11.4. The van der Waals surface area contributed by atoms with E-state index >= 15 is 0 Å². The number of nitrogens with one attached hydrogen (secondary N) is 2. The molecule has 0 aliphatic heterocycles. The van der Waals surface area contributed by atoms with E-state index in [1.807, 2.05) is 24.3 Å². The summed E-state index contributed by atoms with van der Waals surface area (Å²) in [6.07, 6.45) is 1.61. The zero-order chi connectivity index (χ0) is 15.1. The van der Waals surface area contributed by atoms with Crippen LogP contribution in [0.5, 0.6) is 11.5 Å². The summed E-state index contributed by atoms with van der Waals surface area (Å²) in [6, 6.07) is 14.1. The van der Waals surface area contributed by atoms with Crippen molar-refractivity contribution in [3.63, 3.8) is 0 Å². The molecule has 0 aliphatic carbocycles. The number of phenolic OH excluding ortho intramolecular Hbond substituents is 1. The van der Waals surface area contributed by atoms with Gasteiger partial charge in [0, 0.05) is 5.69 Å². The molecule has 6 heteroatoms. The van der Waals surface area contributed by atoms with Crippen molar-refractivity contribution >= 4 is 29.2 Å². The predicted molar refractivity (Wildman–Crippen MR) is 88.1 cm³/mol. The van der Waals surface area contributed by atoms with Gasteiger partial charge >= 0.3 is 0 Å². The molecule has 0 aliphatic rings. The van der Waals surface area contributed by atoms with E-state index in [4.69, 9.17) is 17.0 Å². The molecule has 2 aromatic rings. The number of rotatable bonds is 4. The number of thiocarbonyl (C=S) groups is 1. The average molecular weight is 301 g/mol. The van der Waals surface area contributed by atoms with Crippen LogP contribution >= 0.6 is 12.2 Å². The first-order chi connectivity index (χ1) is 10.2. The van der Waals surface area contributed by atoms with Crippen LogP contribution in [-0.4, -0.2) is 23.5 Å². The predicted octanol–water partition coefficient (Wildman–Crippen LogP) is 2.72. The molecule has 21 heavy (non-hydrogen) atoms. The van der Waals surface area contributed by atoms with Gasteiger partial charge in [-0.3, -0.25) is 5.43 Å². The van der Waals surface area contributed by atoms with Crippen molar-refractivity contribution in [2.45, 2.75) is 0 Å². The number of anilines is 1. The summed E-state index contributed by atoms with van der Waals surface area (Å²) in [5.74, 6) is 1.00. The summed E-state index contributed by atoms with van der Waals surface area (Å²) in [7, 11) is 1.62. The third kappa shape index (κ3) is 4.77. The SMILES string of the molecule is COc1ccc(NC(=S)N/N=C/c2ccc(O)cc2)cc1. The highest BCUT2D eigenvalue weighted by Crippen LogP contribution is 2.14. The van der Waals surface area contributed by atoms with Crippen molar-refractivity contribution in [3.8, 4) is 11.5 Å². The van der Waals surface area contributed by atoms with Crippen LogP contribution in [0.15, 0.2) is 53.6 Å². The fourth-order valence-corrected chi connectivity index (χ4v) is 1.73. The van der Waals surface area contributed by atoms with Gasteiger partial charge in [0.15, 0.2) is 5.11 Å². The first-order valence-corrected chi connectivity index (χ1v) is 6.61. The van der Waals surface area contributed by atoms with Gasteiger partial charge in [0.25, 0.3) is 0 Å². The monoisotopic (exact) mass is 301 g/mol. The number of aromatic hydroxyl groups is 1. The summed E-state index contributed by atoms with van der Waals surface area (Å²) in [4.78, 5) is 0. The first-order valence-electron chi connectivity index (χ1n) is 6.20. The van der Waals surface area contributed by atoms with Crippen LogP contribution in [0.25, 0.3) is 0 Å². The molecule has 2 rings (SSSR count). The third-order valence-corrected chi connectivity index (χ3v) is 2.81. The molecule has 2 aromatic carbocycles. The first kappa shape index (κ1) is 14.8. The molecular weight excluding hydrogens is 286 g/mol. The maximum atomic E-state index is 9.17. The van der Waals surface area contributed by atoms with Crippen LogP contribution in [0.3, 0.4) is 0 Å². The highest BCUT2D eigenvalue weighted by atomic mass is 32.1. The largest absolute Gasteiger partial charge is 0.508 e. The van der Waals surface area contributed by atoms with Gasteiger partial charge < -0.3 is 15.2 Å². The summed E-state index contributed by atoms with van der Waals surface area (Å²) >= 11 is 5.13. The Morgan fingerprint density at radius 1 is 1.14 bits per heavy atom. The number of hydrogen-bond acceptors (Lipinski definition) is 4. The van der Waals surface area contributed by atoms with Crippen molar-refractivity contribution in [1.82, 2.24) is 5.43 Å². The third-order valence-electron chi connectivity index (χ3n) is 2.62. The molecule has 0 aromatic heterocycles. The Morgan fingerprint density at radius 3 is 2.43 bits per heavy atom. The Hall–Kier alpha value is -2.60. The lowest BCUT2D eigenvalue weighted by atomic mass is 10.2. The quantitative estimate of drug-likeness (QED) is 0.460. The Bertz CT molecular complexity index is 624. The standard InChI is InChI=1S/C15H15N3O2S/c1-20-14-8-4-12(5-9-14)17-15(21)18-16-10-11-2-6-13(19)7-3-11/h2-10,19H,1H3,(H2,17,18,21)/b16-10+. The molecule has 0 atom stereocenters. The smallest absolute Gasteiger partial charge is 0.191 e. The second kappa shape index (κ2) is 7.25. The summed E-state index contributed by atoms with van der Waals surface area (Å²) < 4.78 is 5.08. The number of benzene rings is 2. The van der Waals surface area contributed by atoms with E-state index in [1.54, 1.807) is 37.6 Å². The number of hydrogen-bond donors (Lipinski definition) is 3. The molecule has 0 saturated carbocycles. The average Bonchev–Trinajstić information content (AvgIpc) is 2.50. The zero-order valence-corrected chi connectivity index (χ0v) is 12.2. The number of methoxy groups -OCH3 is 1. The molecule has 0 amide bonds. The van der Waals surface area contributed by atoms with Crippen LogP contribution in [-0.2, 0) is 0 Å². The molecule has 3 N–H and O–H groups in total. The molecule has 0 heterocycles. The van der Waals surface area contributed by atoms with E-state index in [1.165, 1.54) is 0 Å². The minimum Gasteiger partial charge on any atom is -0.508 e. The molecule has 0 unspecified atom stereocenters. The van der Waals surface area contributed by atoms with E-state index in [0.29, 0.717) is 5.11 Å². The lowest BCUT2D eigenvalue weighted by Crippen LogP contribution is -2.23. The second-order valence-electron chi connectivity index (χ2n) is 4.14. The van der Waals surface area contributed by atoms with Gasteiger partial charge in [0.05, 0.1) is 13.3 Å². The van der Waals surface area contributed by atoms with Crippen LogP contribution < -0.4 is 15.5 Å². The number of hydrazone groups is 1. The van der Waals surface area contributed by atoms with Crippen molar-refractivity contribution in [1.29, 1.82) is 0 Å². The van der Waals surface area contributed by atoms with Crippen molar-refractivity contribution < 1.29 is 9.84 Å². The second-order valence-corrected chi connectivity index (χ2v) is 4.55.